The Morgan fingerprint density at radius 1 is 1.06 bits per heavy atom. The summed E-state index contributed by atoms with van der Waals surface area (Å²) in [6, 6.07) is 18.9. The third kappa shape index (κ3) is 4.61. The summed E-state index contributed by atoms with van der Waals surface area (Å²) >= 11 is 0. The van der Waals surface area contributed by atoms with Crippen LogP contribution in [0.2, 0.25) is 0 Å². The highest BCUT2D eigenvalue weighted by molar-refractivity contribution is 5.95. The Kier molecular flexibility index (Phi) is 6.21. The average Bonchev–Trinajstić information content (AvgIpc) is 3.34. The van der Waals surface area contributed by atoms with Gasteiger partial charge in [0.15, 0.2) is 5.58 Å². The van der Waals surface area contributed by atoms with Gasteiger partial charge in [-0.3, -0.25) is 9.78 Å². The Balaban J connectivity index is 1.46. The number of rotatable bonds is 5. The molecule has 1 amide bonds. The molecule has 1 saturated heterocycles. The minimum absolute atomic E-state index is 0.0531. The predicted octanol–water partition coefficient (Wildman–Crippen LogP) is 5.29. The van der Waals surface area contributed by atoms with E-state index in [1.54, 1.807) is 37.3 Å². The van der Waals surface area contributed by atoms with Crippen LogP contribution in [-0.4, -0.2) is 49.2 Å². The van der Waals surface area contributed by atoms with Gasteiger partial charge in [-0.2, -0.15) is 5.26 Å². The summed E-state index contributed by atoms with van der Waals surface area (Å²) in [6.45, 7) is 1.35. The van der Waals surface area contributed by atoms with Crippen LogP contribution in [0, 0.1) is 11.3 Å². The Bertz CT molecular complexity index is 1410. The number of furan rings is 1. The minimum atomic E-state index is -0.0531. The molecule has 0 aliphatic carbocycles. The molecule has 2 aromatic heterocycles. The van der Waals surface area contributed by atoms with Crippen molar-refractivity contribution in [2.45, 2.75) is 18.9 Å². The lowest BCUT2D eigenvalue weighted by Crippen LogP contribution is -2.26. The van der Waals surface area contributed by atoms with Crippen molar-refractivity contribution < 1.29 is 18.7 Å². The number of amides is 1. The van der Waals surface area contributed by atoms with Crippen LogP contribution in [0.1, 0.15) is 28.8 Å². The maximum Gasteiger partial charge on any atom is 0.253 e. The molecule has 1 fully saturated rings. The molecule has 176 valence electrons. The molecule has 0 radical (unpaired) electrons. The van der Waals surface area contributed by atoms with Crippen LogP contribution in [0.4, 0.5) is 0 Å². The number of pyridine rings is 1. The van der Waals surface area contributed by atoms with Crippen LogP contribution < -0.4 is 4.74 Å². The fraction of sp³-hybridized carbons (Fsp3) is 0.250. The Morgan fingerprint density at radius 3 is 2.51 bits per heavy atom. The number of benzene rings is 2. The van der Waals surface area contributed by atoms with Crippen LogP contribution in [0.5, 0.6) is 5.75 Å². The summed E-state index contributed by atoms with van der Waals surface area (Å²) in [5.41, 5.74) is 4.98. The highest BCUT2D eigenvalue weighted by Crippen LogP contribution is 2.35. The van der Waals surface area contributed by atoms with Crippen molar-refractivity contribution in [3.63, 3.8) is 0 Å². The van der Waals surface area contributed by atoms with E-state index in [1.165, 1.54) is 0 Å². The number of hydrogen-bond acceptors (Lipinski definition) is 6. The standard InChI is InChI=1S/C28H25N3O4/c1-31(2)28(32)19-5-3-18(4-6-19)26-16-24-27(35-26)23(9-12-30-24)20-7-8-25(21(15-20)17-29)34-22-10-13-33-14-11-22/h3-9,12,15-16,22H,10-11,13-14H2,1-2H3. The first-order valence-corrected chi connectivity index (χ1v) is 11.5. The molecule has 1 aliphatic rings. The van der Waals surface area contributed by atoms with E-state index >= 15 is 0 Å². The van der Waals surface area contributed by atoms with Gasteiger partial charge in [-0.25, -0.2) is 0 Å². The maximum atomic E-state index is 12.2. The zero-order valence-corrected chi connectivity index (χ0v) is 19.7. The first-order chi connectivity index (χ1) is 17.0. The van der Waals surface area contributed by atoms with Gasteiger partial charge in [0.1, 0.15) is 29.2 Å². The molecule has 0 saturated carbocycles. The molecule has 2 aromatic carbocycles. The van der Waals surface area contributed by atoms with Crippen LogP contribution >= 0.6 is 0 Å². The third-order valence-corrected chi connectivity index (χ3v) is 6.11. The average molecular weight is 468 g/mol. The second-order valence-electron chi connectivity index (χ2n) is 8.71. The van der Waals surface area contributed by atoms with Crippen molar-refractivity contribution in [3.8, 4) is 34.3 Å². The third-order valence-electron chi connectivity index (χ3n) is 6.11. The molecule has 0 bridgehead atoms. The molecule has 7 nitrogen and oxygen atoms in total. The maximum absolute atomic E-state index is 12.2. The van der Waals surface area contributed by atoms with E-state index in [9.17, 15) is 10.1 Å². The van der Waals surface area contributed by atoms with Crippen LogP contribution in [0.25, 0.3) is 33.6 Å². The number of nitrogens with zero attached hydrogens (tertiary/aromatic N) is 3. The molecule has 4 aromatic rings. The molecule has 0 spiro atoms. The summed E-state index contributed by atoms with van der Waals surface area (Å²) in [4.78, 5) is 18.2. The minimum Gasteiger partial charge on any atom is -0.489 e. The molecule has 7 heteroatoms. The Hall–Kier alpha value is -4.15. The van der Waals surface area contributed by atoms with Gasteiger partial charge in [0.2, 0.25) is 0 Å². The van der Waals surface area contributed by atoms with E-state index in [2.05, 4.69) is 11.1 Å². The molecule has 0 unspecified atom stereocenters. The fourth-order valence-electron chi connectivity index (χ4n) is 4.20. The van der Waals surface area contributed by atoms with Crippen molar-refractivity contribution in [2.75, 3.05) is 27.3 Å². The fourth-order valence-corrected chi connectivity index (χ4v) is 4.20. The molecule has 5 rings (SSSR count). The lowest BCUT2D eigenvalue weighted by Gasteiger charge is -2.23. The van der Waals surface area contributed by atoms with E-state index in [1.807, 2.05) is 42.5 Å². The van der Waals surface area contributed by atoms with Crippen molar-refractivity contribution in [3.05, 3.63) is 71.9 Å². The summed E-state index contributed by atoms with van der Waals surface area (Å²) in [6.07, 6.45) is 3.42. The van der Waals surface area contributed by atoms with E-state index < -0.39 is 0 Å². The highest BCUT2D eigenvalue weighted by Gasteiger charge is 2.19. The predicted molar refractivity (Wildman–Crippen MR) is 132 cm³/mol. The monoisotopic (exact) mass is 467 g/mol. The highest BCUT2D eigenvalue weighted by atomic mass is 16.5. The van der Waals surface area contributed by atoms with Crippen molar-refractivity contribution >= 4 is 17.0 Å². The second kappa shape index (κ2) is 9.61. The largest absolute Gasteiger partial charge is 0.489 e. The normalized spacial score (nSPS) is 14.0. The topological polar surface area (TPSA) is 88.6 Å². The second-order valence-corrected chi connectivity index (χ2v) is 8.71. The summed E-state index contributed by atoms with van der Waals surface area (Å²) in [7, 11) is 3.45. The molecule has 3 heterocycles. The van der Waals surface area contributed by atoms with Gasteiger partial charge >= 0.3 is 0 Å². The first-order valence-electron chi connectivity index (χ1n) is 11.5. The zero-order chi connectivity index (χ0) is 24.4. The first kappa shape index (κ1) is 22.6. The van der Waals surface area contributed by atoms with Gasteiger partial charge < -0.3 is 18.8 Å². The summed E-state index contributed by atoms with van der Waals surface area (Å²) in [5, 5.41) is 9.76. The van der Waals surface area contributed by atoms with Crippen molar-refractivity contribution in [2.24, 2.45) is 0 Å². The Labute approximate surface area is 203 Å². The zero-order valence-electron chi connectivity index (χ0n) is 19.7. The molecular formula is C28H25N3O4. The lowest BCUT2D eigenvalue weighted by molar-refractivity contribution is 0.0254. The molecule has 0 N–H and O–H groups in total. The van der Waals surface area contributed by atoms with Gasteiger partial charge in [0, 0.05) is 55.9 Å². The number of fused-ring (bicyclic) bond motifs is 1. The number of carbonyl (C=O) groups is 1. The smallest absolute Gasteiger partial charge is 0.253 e. The summed E-state index contributed by atoms with van der Waals surface area (Å²) < 4.78 is 17.7. The SMILES string of the molecule is CN(C)C(=O)c1ccc(-c2cc3nccc(-c4ccc(OC5CCOCC5)c(C#N)c4)c3o2)cc1. The summed E-state index contributed by atoms with van der Waals surface area (Å²) in [5.74, 6) is 1.19. The number of nitriles is 1. The van der Waals surface area contributed by atoms with E-state index in [0.29, 0.717) is 47.0 Å². The quantitative estimate of drug-likeness (QED) is 0.396. The molecule has 35 heavy (non-hydrogen) atoms. The molecular weight excluding hydrogens is 442 g/mol. The molecule has 0 atom stereocenters. The van der Waals surface area contributed by atoms with Gasteiger partial charge in [-0.05, 0) is 35.9 Å². The lowest BCUT2D eigenvalue weighted by atomic mass is 10.0. The van der Waals surface area contributed by atoms with Gasteiger partial charge in [-0.1, -0.05) is 18.2 Å². The molecule has 1 aliphatic heterocycles. The van der Waals surface area contributed by atoms with E-state index in [-0.39, 0.29) is 12.0 Å². The number of hydrogen-bond donors (Lipinski definition) is 0. The van der Waals surface area contributed by atoms with Gasteiger partial charge in [0.25, 0.3) is 5.91 Å². The number of aromatic nitrogens is 1. The Morgan fingerprint density at radius 2 is 1.80 bits per heavy atom. The van der Waals surface area contributed by atoms with Crippen LogP contribution in [-0.2, 0) is 4.74 Å². The van der Waals surface area contributed by atoms with Gasteiger partial charge in [0.05, 0.1) is 18.8 Å². The van der Waals surface area contributed by atoms with Gasteiger partial charge in [-0.15, -0.1) is 0 Å². The van der Waals surface area contributed by atoms with E-state index in [0.717, 1.165) is 29.5 Å². The van der Waals surface area contributed by atoms with Crippen LogP contribution in [0.3, 0.4) is 0 Å². The van der Waals surface area contributed by atoms with Crippen LogP contribution in [0.15, 0.2) is 65.2 Å². The number of carbonyl (C=O) groups excluding carboxylic acids is 1. The van der Waals surface area contributed by atoms with E-state index in [4.69, 9.17) is 13.9 Å². The van der Waals surface area contributed by atoms with Crippen molar-refractivity contribution in [1.82, 2.24) is 9.88 Å². The number of ether oxygens (including phenoxy) is 2. The van der Waals surface area contributed by atoms with Crippen molar-refractivity contribution in [1.29, 1.82) is 5.26 Å².